The monoisotopic (exact) mass is 152 g/mol. The van der Waals surface area contributed by atoms with Crippen LogP contribution in [0.4, 0.5) is 0 Å². The summed E-state index contributed by atoms with van der Waals surface area (Å²) in [7, 11) is 0. The van der Waals surface area contributed by atoms with Crippen LogP contribution < -0.4 is 5.32 Å². The van der Waals surface area contributed by atoms with Crippen LogP contribution in [-0.4, -0.2) is 13.1 Å². The summed E-state index contributed by atoms with van der Waals surface area (Å²) in [6.07, 6.45) is 2.70. The molecule has 1 unspecified atom stereocenters. The van der Waals surface area contributed by atoms with Gasteiger partial charge in [0.1, 0.15) is 0 Å². The summed E-state index contributed by atoms with van der Waals surface area (Å²) < 4.78 is 0. The van der Waals surface area contributed by atoms with Gasteiger partial charge < -0.3 is 5.32 Å². The Bertz CT molecular complexity index is 165. The number of nitrogens with one attached hydrogen (secondary N) is 1. The van der Waals surface area contributed by atoms with Gasteiger partial charge in [0.05, 0.1) is 12.0 Å². The third-order valence-corrected chi connectivity index (χ3v) is 2.33. The molecule has 11 heavy (non-hydrogen) atoms. The Labute approximate surface area is 68.6 Å². The van der Waals surface area contributed by atoms with Crippen LogP contribution >= 0.6 is 0 Å². The van der Waals surface area contributed by atoms with Crippen molar-refractivity contribution in [3.05, 3.63) is 0 Å². The number of hydrogen-bond donors (Lipinski definition) is 1. The maximum absolute atomic E-state index is 8.49. The Morgan fingerprint density at radius 2 is 2.27 bits per heavy atom. The Morgan fingerprint density at radius 3 is 2.73 bits per heavy atom. The second-order valence-electron chi connectivity index (χ2n) is 3.97. The smallest absolute Gasteiger partial charge is 0.0666 e. The Hall–Kier alpha value is -0.550. The first kappa shape index (κ1) is 8.55. The van der Waals surface area contributed by atoms with Crippen LogP contribution in [0.2, 0.25) is 0 Å². The molecule has 0 aromatic rings. The molecule has 1 aliphatic carbocycles. The highest BCUT2D eigenvalue weighted by Crippen LogP contribution is 2.43. The van der Waals surface area contributed by atoms with Gasteiger partial charge in [-0.1, -0.05) is 6.92 Å². The minimum absolute atomic E-state index is 0.150. The van der Waals surface area contributed by atoms with E-state index in [4.69, 9.17) is 5.26 Å². The van der Waals surface area contributed by atoms with Crippen molar-refractivity contribution in [3.8, 4) is 6.07 Å². The van der Waals surface area contributed by atoms with Crippen LogP contribution in [0.3, 0.4) is 0 Å². The van der Waals surface area contributed by atoms with Gasteiger partial charge in [0, 0.05) is 13.1 Å². The summed E-state index contributed by atoms with van der Waals surface area (Å²) in [6.45, 7) is 6.16. The molecule has 0 bridgehead atoms. The molecule has 0 aromatic heterocycles. The van der Waals surface area contributed by atoms with Crippen LogP contribution in [-0.2, 0) is 0 Å². The average molecular weight is 152 g/mol. The van der Waals surface area contributed by atoms with Gasteiger partial charge in [0.2, 0.25) is 0 Å². The van der Waals surface area contributed by atoms with E-state index >= 15 is 0 Å². The first-order valence-corrected chi connectivity index (χ1v) is 4.27. The lowest BCUT2D eigenvalue weighted by Crippen LogP contribution is -2.26. The molecular formula is C9H16N2. The molecule has 1 rings (SSSR count). The Morgan fingerprint density at radius 1 is 1.64 bits per heavy atom. The summed E-state index contributed by atoms with van der Waals surface area (Å²) in [5.41, 5.74) is 0.565. The summed E-state index contributed by atoms with van der Waals surface area (Å²) in [4.78, 5) is 0. The second kappa shape index (κ2) is 3.23. The topological polar surface area (TPSA) is 35.8 Å². The molecule has 0 spiro atoms. The minimum Gasteiger partial charge on any atom is -0.315 e. The summed E-state index contributed by atoms with van der Waals surface area (Å²) in [6, 6.07) is 2.21. The molecule has 62 valence electrons. The van der Waals surface area contributed by atoms with E-state index in [1.165, 1.54) is 12.8 Å². The van der Waals surface area contributed by atoms with Gasteiger partial charge in [-0.15, -0.1) is 0 Å². The summed E-state index contributed by atoms with van der Waals surface area (Å²) >= 11 is 0. The maximum atomic E-state index is 8.49. The number of nitriles is 1. The molecular weight excluding hydrogens is 136 g/mol. The van der Waals surface area contributed by atoms with Gasteiger partial charge in [-0.25, -0.2) is 0 Å². The van der Waals surface area contributed by atoms with Crippen molar-refractivity contribution in [1.29, 1.82) is 5.26 Å². The highest BCUT2D eigenvalue weighted by Gasteiger charge is 2.36. The first-order chi connectivity index (χ1) is 5.16. The first-order valence-electron chi connectivity index (χ1n) is 4.27. The molecule has 0 aliphatic heterocycles. The largest absolute Gasteiger partial charge is 0.315 e. The average Bonchev–Trinajstić information content (AvgIpc) is 2.68. The maximum Gasteiger partial charge on any atom is 0.0666 e. The van der Waals surface area contributed by atoms with Gasteiger partial charge in [0.15, 0.2) is 0 Å². The quantitative estimate of drug-likeness (QED) is 0.663. The van der Waals surface area contributed by atoms with E-state index in [1.807, 2.05) is 6.92 Å². The number of hydrogen-bond acceptors (Lipinski definition) is 2. The van der Waals surface area contributed by atoms with E-state index < -0.39 is 0 Å². The van der Waals surface area contributed by atoms with E-state index in [1.54, 1.807) is 0 Å². The van der Waals surface area contributed by atoms with Crippen LogP contribution in [0, 0.1) is 22.7 Å². The third-order valence-electron chi connectivity index (χ3n) is 2.33. The minimum atomic E-state index is 0.150. The van der Waals surface area contributed by atoms with Gasteiger partial charge in [-0.05, 0) is 25.2 Å². The fourth-order valence-electron chi connectivity index (χ4n) is 1.03. The lowest BCUT2D eigenvalue weighted by molar-refractivity contribution is 0.480. The van der Waals surface area contributed by atoms with Gasteiger partial charge in [-0.2, -0.15) is 5.26 Å². The predicted molar refractivity (Wildman–Crippen MR) is 45.0 cm³/mol. The van der Waals surface area contributed by atoms with Crippen molar-refractivity contribution in [3.63, 3.8) is 0 Å². The number of rotatable bonds is 4. The van der Waals surface area contributed by atoms with Crippen molar-refractivity contribution in [2.45, 2.75) is 26.7 Å². The van der Waals surface area contributed by atoms with Crippen molar-refractivity contribution in [2.24, 2.45) is 11.3 Å². The van der Waals surface area contributed by atoms with Gasteiger partial charge in [-0.3, -0.25) is 0 Å². The molecule has 0 amide bonds. The van der Waals surface area contributed by atoms with Crippen LogP contribution in [0.5, 0.6) is 0 Å². The molecule has 0 saturated heterocycles. The molecule has 2 heteroatoms. The van der Waals surface area contributed by atoms with Crippen molar-refractivity contribution in [2.75, 3.05) is 13.1 Å². The van der Waals surface area contributed by atoms with E-state index in [9.17, 15) is 0 Å². The van der Waals surface area contributed by atoms with E-state index in [2.05, 4.69) is 18.3 Å². The molecule has 1 aliphatic rings. The summed E-state index contributed by atoms with van der Waals surface area (Å²) in [5.74, 6) is 0.150. The molecule has 1 N–H and O–H groups in total. The van der Waals surface area contributed by atoms with Gasteiger partial charge in [0.25, 0.3) is 0 Å². The molecule has 1 saturated carbocycles. The zero-order valence-corrected chi connectivity index (χ0v) is 7.35. The van der Waals surface area contributed by atoms with Crippen molar-refractivity contribution >= 4 is 0 Å². The SMILES string of the molecule is CC(C#N)CNCC1(C)CC1. The highest BCUT2D eigenvalue weighted by atomic mass is 14.9. The zero-order chi connectivity index (χ0) is 8.32. The second-order valence-corrected chi connectivity index (χ2v) is 3.97. The lowest BCUT2D eigenvalue weighted by Gasteiger charge is -2.10. The Balaban J connectivity index is 2.01. The highest BCUT2D eigenvalue weighted by molar-refractivity contribution is 4.91. The van der Waals surface area contributed by atoms with Crippen LogP contribution in [0.25, 0.3) is 0 Å². The van der Waals surface area contributed by atoms with Crippen LogP contribution in [0.15, 0.2) is 0 Å². The molecule has 2 nitrogen and oxygen atoms in total. The fraction of sp³-hybridized carbons (Fsp3) is 0.889. The van der Waals surface area contributed by atoms with Crippen molar-refractivity contribution < 1.29 is 0 Å². The molecule has 1 atom stereocenters. The standard InChI is InChI=1S/C9H16N2/c1-8(5-10)6-11-7-9(2)3-4-9/h8,11H,3-4,6-7H2,1-2H3. The Kier molecular flexibility index (Phi) is 2.51. The van der Waals surface area contributed by atoms with Gasteiger partial charge >= 0.3 is 0 Å². The lowest BCUT2D eigenvalue weighted by atomic mass is 10.1. The fourth-order valence-corrected chi connectivity index (χ4v) is 1.03. The zero-order valence-electron chi connectivity index (χ0n) is 7.35. The van der Waals surface area contributed by atoms with Crippen LogP contribution in [0.1, 0.15) is 26.7 Å². The molecule has 0 heterocycles. The number of nitrogens with zero attached hydrogens (tertiary/aromatic N) is 1. The third kappa shape index (κ3) is 2.90. The summed E-state index contributed by atoms with van der Waals surface area (Å²) in [5, 5.41) is 11.8. The van der Waals surface area contributed by atoms with E-state index in [0.29, 0.717) is 5.41 Å². The molecule has 0 aromatic carbocycles. The molecule has 1 fully saturated rings. The molecule has 0 radical (unpaired) electrons. The van der Waals surface area contributed by atoms with E-state index in [-0.39, 0.29) is 5.92 Å². The van der Waals surface area contributed by atoms with Crippen molar-refractivity contribution in [1.82, 2.24) is 5.32 Å². The predicted octanol–water partition coefficient (Wildman–Crippen LogP) is 1.54. The normalized spacial score (nSPS) is 22.3. The van der Waals surface area contributed by atoms with E-state index in [0.717, 1.165) is 13.1 Å².